The van der Waals surface area contributed by atoms with E-state index in [9.17, 15) is 24.3 Å². The molecule has 39 heavy (non-hydrogen) atoms. The van der Waals surface area contributed by atoms with E-state index in [2.05, 4.69) is 15.9 Å². The summed E-state index contributed by atoms with van der Waals surface area (Å²) in [5.74, 6) is -3.52. The van der Waals surface area contributed by atoms with Crippen LogP contribution >= 0.6 is 15.9 Å². The monoisotopic (exact) mass is 579 g/mol. The standard InChI is InChI=1S/C32H22BrNO5/c33-23-15-25(36)28-22(30(23)37)14-21-19(29(28)27-18-9-5-4-6-16(18)10-13-24(27)35)11-12-20-26(21)32(39)34(31(20)38)17-7-2-1-3-8-17/h1-11,13,15,20-21,26,29,35H,12,14H2/t20-,21+,26-,29+/m0/s1. The number of hydrogen-bond donors (Lipinski definition) is 1. The van der Waals surface area contributed by atoms with Gasteiger partial charge in [-0.1, -0.05) is 60.2 Å². The Balaban J connectivity index is 1.44. The Morgan fingerprint density at radius 2 is 1.59 bits per heavy atom. The summed E-state index contributed by atoms with van der Waals surface area (Å²) in [5, 5.41) is 12.9. The molecule has 0 unspecified atom stereocenters. The molecule has 7 rings (SSSR count). The number of para-hydroxylation sites is 1. The van der Waals surface area contributed by atoms with E-state index in [0.717, 1.165) is 16.3 Å². The fourth-order valence-corrected chi connectivity index (χ4v) is 7.40. The lowest BCUT2D eigenvalue weighted by molar-refractivity contribution is -0.123. The number of phenols is 1. The van der Waals surface area contributed by atoms with Crippen molar-refractivity contribution in [3.8, 4) is 5.75 Å². The van der Waals surface area contributed by atoms with Crippen molar-refractivity contribution in [3.05, 3.63) is 106 Å². The van der Waals surface area contributed by atoms with E-state index in [1.54, 1.807) is 30.3 Å². The highest BCUT2D eigenvalue weighted by molar-refractivity contribution is 9.12. The van der Waals surface area contributed by atoms with Crippen molar-refractivity contribution < 1.29 is 24.3 Å². The van der Waals surface area contributed by atoms with Gasteiger partial charge in [-0.25, -0.2) is 0 Å². The van der Waals surface area contributed by atoms with Gasteiger partial charge in [-0.2, -0.15) is 0 Å². The van der Waals surface area contributed by atoms with E-state index in [1.807, 2.05) is 42.5 Å². The van der Waals surface area contributed by atoms with Crippen LogP contribution in [0.15, 0.2) is 100 Å². The second-order valence-electron chi connectivity index (χ2n) is 10.5. The second-order valence-corrected chi connectivity index (χ2v) is 11.3. The van der Waals surface area contributed by atoms with Crippen molar-refractivity contribution in [2.75, 3.05) is 4.90 Å². The van der Waals surface area contributed by atoms with E-state index in [1.165, 1.54) is 11.0 Å². The van der Waals surface area contributed by atoms with Gasteiger partial charge in [-0.3, -0.25) is 24.1 Å². The van der Waals surface area contributed by atoms with Crippen molar-refractivity contribution in [3.63, 3.8) is 0 Å². The van der Waals surface area contributed by atoms with Crippen LogP contribution in [0.25, 0.3) is 10.8 Å². The first-order chi connectivity index (χ1) is 18.9. The molecule has 0 aromatic heterocycles. The summed E-state index contributed by atoms with van der Waals surface area (Å²) in [4.78, 5) is 55.7. The molecule has 0 radical (unpaired) electrons. The van der Waals surface area contributed by atoms with Crippen LogP contribution in [0.1, 0.15) is 24.3 Å². The van der Waals surface area contributed by atoms with E-state index in [0.29, 0.717) is 28.8 Å². The number of nitrogens with zero attached hydrogens (tertiary/aromatic N) is 1. The van der Waals surface area contributed by atoms with Crippen molar-refractivity contribution >= 4 is 55.8 Å². The Kier molecular flexibility index (Phi) is 5.36. The van der Waals surface area contributed by atoms with Crippen LogP contribution in [0.4, 0.5) is 5.69 Å². The van der Waals surface area contributed by atoms with Gasteiger partial charge in [0.2, 0.25) is 11.8 Å². The summed E-state index contributed by atoms with van der Waals surface area (Å²) in [6.45, 7) is 0. The normalized spacial score (nSPS) is 26.3. The predicted octanol–water partition coefficient (Wildman–Crippen LogP) is 5.51. The number of halogens is 1. The highest BCUT2D eigenvalue weighted by Gasteiger charge is 2.57. The summed E-state index contributed by atoms with van der Waals surface area (Å²) in [6, 6.07) is 19.9. The average molecular weight is 580 g/mol. The molecule has 192 valence electrons. The number of Topliss-reactive ketones (excluding diaryl/α,β-unsaturated/α-hetero) is 1. The van der Waals surface area contributed by atoms with Gasteiger partial charge in [0, 0.05) is 28.7 Å². The minimum atomic E-state index is -0.715. The molecular formula is C32H22BrNO5. The zero-order chi connectivity index (χ0) is 27.0. The number of aromatic hydroxyl groups is 1. The van der Waals surface area contributed by atoms with Crippen molar-refractivity contribution in [1.82, 2.24) is 0 Å². The lowest BCUT2D eigenvalue weighted by atomic mass is 9.59. The molecule has 1 heterocycles. The molecule has 3 aromatic carbocycles. The summed E-state index contributed by atoms with van der Waals surface area (Å²) in [7, 11) is 0. The third kappa shape index (κ3) is 3.39. The van der Waals surface area contributed by atoms with Crippen molar-refractivity contribution in [2.45, 2.75) is 18.8 Å². The smallest absolute Gasteiger partial charge is 0.238 e. The fourth-order valence-electron chi connectivity index (χ4n) is 6.96. The summed E-state index contributed by atoms with van der Waals surface area (Å²) in [5.41, 5.74) is 2.56. The maximum absolute atomic E-state index is 13.9. The molecule has 2 amide bonds. The second kappa shape index (κ2) is 8.71. The number of benzene rings is 3. The lowest BCUT2D eigenvalue weighted by Crippen LogP contribution is -2.39. The highest BCUT2D eigenvalue weighted by Crippen LogP contribution is 2.57. The van der Waals surface area contributed by atoms with E-state index in [4.69, 9.17) is 0 Å². The quantitative estimate of drug-likeness (QED) is 0.245. The first kappa shape index (κ1) is 24.0. The first-order valence-electron chi connectivity index (χ1n) is 12.9. The van der Waals surface area contributed by atoms with Crippen molar-refractivity contribution in [2.24, 2.45) is 17.8 Å². The zero-order valence-electron chi connectivity index (χ0n) is 20.6. The van der Waals surface area contributed by atoms with Crippen LogP contribution in [0.2, 0.25) is 0 Å². The Labute approximate surface area is 232 Å². The maximum Gasteiger partial charge on any atom is 0.238 e. The van der Waals surface area contributed by atoms with Crippen molar-refractivity contribution in [1.29, 1.82) is 0 Å². The molecule has 0 bridgehead atoms. The summed E-state index contributed by atoms with van der Waals surface area (Å²) >= 11 is 3.26. The molecule has 3 aromatic rings. The molecule has 1 fully saturated rings. The fraction of sp³-hybridized carbons (Fsp3) is 0.188. The Morgan fingerprint density at radius 3 is 2.38 bits per heavy atom. The molecule has 4 atom stereocenters. The highest BCUT2D eigenvalue weighted by atomic mass is 79.9. The van der Waals surface area contributed by atoms with Gasteiger partial charge in [-0.05, 0) is 63.7 Å². The number of fused-ring (bicyclic) bond motifs is 4. The number of hydrogen-bond acceptors (Lipinski definition) is 5. The number of amides is 2. The molecule has 1 saturated heterocycles. The SMILES string of the molecule is O=C1C=C(Br)C(=O)C2=C1[C@@H](c1c(O)ccc3ccccc13)C1=CC[C@@H]3C(=O)N(c4ccccc4)C(=O)[C@@H]3[C@@H]1C2. The lowest BCUT2D eigenvalue weighted by Gasteiger charge is -2.42. The number of ketones is 2. The molecule has 1 N–H and O–H groups in total. The number of allylic oxidation sites excluding steroid dienone is 6. The minimum absolute atomic E-state index is 0.0165. The van der Waals surface area contributed by atoms with Crippen LogP contribution in [0.3, 0.4) is 0 Å². The zero-order valence-corrected chi connectivity index (χ0v) is 22.2. The number of imide groups is 1. The molecular weight excluding hydrogens is 558 g/mol. The number of rotatable bonds is 2. The van der Waals surface area contributed by atoms with Gasteiger partial charge >= 0.3 is 0 Å². The maximum atomic E-state index is 13.9. The van der Waals surface area contributed by atoms with Crippen LogP contribution in [-0.2, 0) is 19.2 Å². The van der Waals surface area contributed by atoms with E-state index in [-0.39, 0.29) is 40.0 Å². The number of anilines is 1. The van der Waals surface area contributed by atoms with Gasteiger partial charge < -0.3 is 5.11 Å². The average Bonchev–Trinajstić information content (AvgIpc) is 3.21. The largest absolute Gasteiger partial charge is 0.508 e. The molecule has 0 spiro atoms. The predicted molar refractivity (Wildman–Crippen MR) is 149 cm³/mol. The number of carbonyl (C=O) groups is 4. The van der Waals surface area contributed by atoms with Crippen LogP contribution in [0, 0.1) is 17.8 Å². The molecule has 3 aliphatic carbocycles. The first-order valence-corrected chi connectivity index (χ1v) is 13.7. The molecule has 4 aliphatic rings. The Bertz CT molecular complexity index is 1730. The van der Waals surface area contributed by atoms with Crippen LogP contribution < -0.4 is 4.90 Å². The third-order valence-electron chi connectivity index (χ3n) is 8.58. The van der Waals surface area contributed by atoms with Gasteiger partial charge in [-0.15, -0.1) is 0 Å². The van der Waals surface area contributed by atoms with Gasteiger partial charge in [0.25, 0.3) is 0 Å². The van der Waals surface area contributed by atoms with Gasteiger partial charge in [0.05, 0.1) is 22.0 Å². The number of carbonyl (C=O) groups excluding carboxylic acids is 4. The third-order valence-corrected chi connectivity index (χ3v) is 9.17. The van der Waals surface area contributed by atoms with Crippen LogP contribution in [-0.4, -0.2) is 28.5 Å². The summed E-state index contributed by atoms with van der Waals surface area (Å²) in [6.07, 6.45) is 3.78. The molecule has 6 nitrogen and oxygen atoms in total. The Morgan fingerprint density at radius 1 is 0.846 bits per heavy atom. The summed E-state index contributed by atoms with van der Waals surface area (Å²) < 4.78 is 0.173. The molecule has 1 aliphatic heterocycles. The topological polar surface area (TPSA) is 91.8 Å². The Hall–Kier alpha value is -4.10. The van der Waals surface area contributed by atoms with E-state index >= 15 is 0 Å². The molecule has 7 heteroatoms. The van der Waals surface area contributed by atoms with Gasteiger partial charge in [0.1, 0.15) is 5.75 Å². The number of phenolic OH excluding ortho intramolecular Hbond substituents is 1. The molecule has 0 saturated carbocycles. The van der Waals surface area contributed by atoms with Crippen LogP contribution in [0.5, 0.6) is 5.75 Å². The van der Waals surface area contributed by atoms with E-state index < -0.39 is 23.7 Å². The minimum Gasteiger partial charge on any atom is -0.508 e. The van der Waals surface area contributed by atoms with Gasteiger partial charge in [0.15, 0.2) is 11.6 Å².